The number of benzene rings is 1. The van der Waals surface area contributed by atoms with Gasteiger partial charge in [0.2, 0.25) is 0 Å². The third-order valence-corrected chi connectivity index (χ3v) is 4.07. The van der Waals surface area contributed by atoms with Gasteiger partial charge in [0.1, 0.15) is 4.88 Å². The first-order valence-electron chi connectivity index (χ1n) is 5.17. The minimum Gasteiger partial charge on any atom is -0.347 e. The number of carbonyl (C=O) groups excluding carboxylic acids is 1. The Bertz CT molecular complexity index is 571. The van der Waals surface area contributed by atoms with Crippen molar-refractivity contribution < 1.29 is 4.79 Å². The van der Waals surface area contributed by atoms with E-state index in [-0.39, 0.29) is 5.15 Å². The van der Waals surface area contributed by atoms with E-state index in [0.717, 1.165) is 11.8 Å². The molecular weight excluding hydrogens is 291 g/mol. The molecule has 0 saturated carbocycles. The first-order valence-corrected chi connectivity index (χ1v) is 6.74. The van der Waals surface area contributed by atoms with E-state index in [1.54, 1.807) is 0 Å². The first-order chi connectivity index (χ1) is 8.60. The molecule has 0 aliphatic heterocycles. The van der Waals surface area contributed by atoms with Crippen molar-refractivity contribution >= 4 is 46.0 Å². The third-order valence-electron chi connectivity index (χ3n) is 2.34. The number of aromatic nitrogens is 1. The minimum absolute atomic E-state index is 0.253. The van der Waals surface area contributed by atoms with Crippen LogP contribution in [0.25, 0.3) is 0 Å². The van der Waals surface area contributed by atoms with Gasteiger partial charge in [0, 0.05) is 18.6 Å². The molecule has 0 N–H and O–H groups in total. The summed E-state index contributed by atoms with van der Waals surface area (Å²) in [6.45, 7) is 0.655. The Labute approximate surface area is 119 Å². The molecular formula is C12H10Cl2N2OS. The van der Waals surface area contributed by atoms with Crippen molar-refractivity contribution in [3.8, 4) is 0 Å². The van der Waals surface area contributed by atoms with Crippen LogP contribution in [0.5, 0.6) is 0 Å². The van der Waals surface area contributed by atoms with Gasteiger partial charge in [0.05, 0.1) is 0 Å². The molecule has 3 nitrogen and oxygen atoms in total. The van der Waals surface area contributed by atoms with E-state index in [1.165, 1.54) is 11.3 Å². The molecule has 2 rings (SSSR count). The zero-order valence-electron chi connectivity index (χ0n) is 9.56. The van der Waals surface area contributed by atoms with Crippen LogP contribution in [-0.2, 0) is 6.54 Å². The van der Waals surface area contributed by atoms with Crippen LogP contribution >= 0.6 is 34.5 Å². The smallest absolute Gasteiger partial charge is 0.187 e. The lowest BCUT2D eigenvalue weighted by Crippen LogP contribution is -2.15. The van der Waals surface area contributed by atoms with Crippen LogP contribution < -0.4 is 4.90 Å². The van der Waals surface area contributed by atoms with Gasteiger partial charge >= 0.3 is 0 Å². The van der Waals surface area contributed by atoms with Gasteiger partial charge in [0.15, 0.2) is 16.6 Å². The van der Waals surface area contributed by atoms with Crippen LogP contribution in [0.15, 0.2) is 24.3 Å². The summed E-state index contributed by atoms with van der Waals surface area (Å²) in [6.07, 6.45) is 0.719. The molecule has 1 heterocycles. The fraction of sp³-hybridized carbons (Fsp3) is 0.167. The maximum atomic E-state index is 10.7. The van der Waals surface area contributed by atoms with Crippen molar-refractivity contribution in [1.82, 2.24) is 4.98 Å². The van der Waals surface area contributed by atoms with Crippen molar-refractivity contribution in [2.75, 3.05) is 11.9 Å². The SMILES string of the molecule is CN(Cc1cccc(Cl)c1)c1nc(Cl)c(C=O)s1. The highest BCUT2D eigenvalue weighted by Gasteiger charge is 2.12. The number of anilines is 1. The zero-order chi connectivity index (χ0) is 13.1. The number of hydrogen-bond acceptors (Lipinski definition) is 4. The van der Waals surface area contributed by atoms with Gasteiger partial charge in [0.25, 0.3) is 0 Å². The molecule has 0 atom stereocenters. The Morgan fingerprint density at radius 2 is 2.22 bits per heavy atom. The molecule has 0 aliphatic carbocycles. The van der Waals surface area contributed by atoms with Gasteiger partial charge < -0.3 is 4.90 Å². The molecule has 94 valence electrons. The third kappa shape index (κ3) is 3.02. The lowest BCUT2D eigenvalue weighted by molar-refractivity contribution is 0.112. The Balaban J connectivity index is 2.16. The van der Waals surface area contributed by atoms with Gasteiger partial charge in [-0.15, -0.1) is 0 Å². The number of rotatable bonds is 4. The number of halogens is 2. The van der Waals surface area contributed by atoms with Gasteiger partial charge in [-0.2, -0.15) is 0 Å². The molecule has 0 aliphatic rings. The lowest BCUT2D eigenvalue weighted by atomic mass is 10.2. The number of carbonyl (C=O) groups is 1. The molecule has 0 amide bonds. The summed E-state index contributed by atoms with van der Waals surface area (Å²) in [5.74, 6) is 0. The second kappa shape index (κ2) is 5.69. The molecule has 2 aromatic rings. The van der Waals surface area contributed by atoms with Crippen LogP contribution in [0.2, 0.25) is 10.2 Å². The maximum absolute atomic E-state index is 10.7. The van der Waals surface area contributed by atoms with E-state index in [4.69, 9.17) is 23.2 Å². The maximum Gasteiger partial charge on any atom is 0.187 e. The van der Waals surface area contributed by atoms with Gasteiger partial charge in [-0.05, 0) is 17.7 Å². The quantitative estimate of drug-likeness (QED) is 0.803. The normalized spacial score (nSPS) is 10.4. The number of nitrogens with zero attached hydrogens (tertiary/aromatic N) is 2. The molecule has 0 spiro atoms. The van der Waals surface area contributed by atoms with E-state index in [9.17, 15) is 4.79 Å². The average molecular weight is 301 g/mol. The summed E-state index contributed by atoms with van der Waals surface area (Å²) in [7, 11) is 1.89. The summed E-state index contributed by atoms with van der Waals surface area (Å²) in [6, 6.07) is 7.61. The predicted octanol–water partition coefficient (Wildman–Crippen LogP) is 3.90. The molecule has 1 aromatic heterocycles. The van der Waals surface area contributed by atoms with Crippen LogP contribution in [0.4, 0.5) is 5.13 Å². The summed E-state index contributed by atoms with van der Waals surface area (Å²) in [5, 5.41) is 1.66. The molecule has 0 unspecified atom stereocenters. The van der Waals surface area contributed by atoms with Crippen LogP contribution in [0.1, 0.15) is 15.2 Å². The van der Waals surface area contributed by atoms with Crippen molar-refractivity contribution in [3.05, 3.63) is 44.9 Å². The number of hydrogen-bond donors (Lipinski definition) is 0. The van der Waals surface area contributed by atoms with Gasteiger partial charge in [-0.25, -0.2) is 4.98 Å². The standard InChI is InChI=1S/C12H10Cl2N2OS/c1-16(6-8-3-2-4-9(13)5-8)12-15-11(14)10(7-17)18-12/h2-5,7H,6H2,1H3. The number of aldehydes is 1. The van der Waals surface area contributed by atoms with E-state index in [2.05, 4.69) is 4.98 Å². The fourth-order valence-electron chi connectivity index (χ4n) is 1.52. The van der Waals surface area contributed by atoms with E-state index in [0.29, 0.717) is 21.6 Å². The summed E-state index contributed by atoms with van der Waals surface area (Å²) in [4.78, 5) is 17.2. The van der Waals surface area contributed by atoms with Crippen molar-refractivity contribution in [2.24, 2.45) is 0 Å². The molecule has 1 aromatic carbocycles. The Hall–Kier alpha value is -1.10. The summed E-state index contributed by atoms with van der Waals surface area (Å²) >= 11 is 13.0. The first kappa shape index (κ1) is 13.3. The van der Waals surface area contributed by atoms with E-state index < -0.39 is 0 Å². The van der Waals surface area contributed by atoms with Crippen LogP contribution in [0.3, 0.4) is 0 Å². The molecule has 0 bridgehead atoms. The highest BCUT2D eigenvalue weighted by molar-refractivity contribution is 7.17. The molecule has 18 heavy (non-hydrogen) atoms. The zero-order valence-corrected chi connectivity index (χ0v) is 11.9. The van der Waals surface area contributed by atoms with Gasteiger partial charge in [-0.3, -0.25) is 4.79 Å². The second-order valence-corrected chi connectivity index (χ2v) is 5.56. The predicted molar refractivity (Wildman–Crippen MR) is 76.1 cm³/mol. The molecule has 6 heteroatoms. The largest absolute Gasteiger partial charge is 0.347 e. The average Bonchev–Trinajstić information content (AvgIpc) is 2.70. The fourth-order valence-corrected chi connectivity index (χ4v) is 2.75. The van der Waals surface area contributed by atoms with Crippen molar-refractivity contribution in [2.45, 2.75) is 6.54 Å². The van der Waals surface area contributed by atoms with Crippen LogP contribution in [-0.4, -0.2) is 18.3 Å². The molecule has 0 saturated heterocycles. The topological polar surface area (TPSA) is 33.2 Å². The Kier molecular flexibility index (Phi) is 4.22. The molecule has 0 fully saturated rings. The Morgan fingerprint density at radius 1 is 1.44 bits per heavy atom. The van der Waals surface area contributed by atoms with Crippen LogP contribution in [0, 0.1) is 0 Å². The van der Waals surface area contributed by atoms with Gasteiger partial charge in [-0.1, -0.05) is 46.7 Å². The minimum atomic E-state index is 0.253. The monoisotopic (exact) mass is 300 g/mol. The summed E-state index contributed by atoms with van der Waals surface area (Å²) < 4.78 is 0. The highest BCUT2D eigenvalue weighted by Crippen LogP contribution is 2.28. The lowest BCUT2D eigenvalue weighted by Gasteiger charge is -2.15. The van der Waals surface area contributed by atoms with Crippen molar-refractivity contribution in [1.29, 1.82) is 0 Å². The Morgan fingerprint density at radius 3 is 2.83 bits per heavy atom. The highest BCUT2D eigenvalue weighted by atomic mass is 35.5. The summed E-state index contributed by atoms with van der Waals surface area (Å²) in [5.41, 5.74) is 1.07. The number of thiazole rings is 1. The van der Waals surface area contributed by atoms with Crippen molar-refractivity contribution in [3.63, 3.8) is 0 Å². The van der Waals surface area contributed by atoms with E-state index >= 15 is 0 Å². The molecule has 0 radical (unpaired) electrons. The second-order valence-electron chi connectivity index (χ2n) is 3.76. The van der Waals surface area contributed by atoms with E-state index in [1.807, 2.05) is 36.2 Å².